The quantitative estimate of drug-likeness (QED) is 0.0838. The molecule has 0 N–H and O–H groups in total. The van der Waals surface area contributed by atoms with E-state index in [1.165, 1.54) is 33.9 Å². The maximum atomic E-state index is 11.3. The van der Waals surface area contributed by atoms with E-state index in [9.17, 15) is 20.2 Å². The lowest BCUT2D eigenvalue weighted by Gasteiger charge is -2.09. The largest absolute Gasteiger partial charge is 0.492 e. The van der Waals surface area contributed by atoms with E-state index in [4.69, 9.17) is 30.1 Å². The molecule has 16 heteroatoms. The van der Waals surface area contributed by atoms with Crippen LogP contribution >= 0.6 is 0 Å². The van der Waals surface area contributed by atoms with Crippen LogP contribution in [-0.2, 0) is 0 Å². The average Bonchev–Trinajstić information content (AvgIpc) is 3.90. The molecule has 2 aromatic heterocycles. The first-order chi connectivity index (χ1) is 27.3. The van der Waals surface area contributed by atoms with Crippen molar-refractivity contribution in [1.29, 1.82) is 0 Å². The van der Waals surface area contributed by atoms with Crippen molar-refractivity contribution in [2.45, 2.75) is 0 Å². The SMILES string of the molecule is COc1cc(-c2ccc(-[n+]3nc(-c4ccccc4)n(-c4ccc([N+](=O)[O-])cc4)n3)c(OC)c2)ccc1-[n+]1nc(-c2ccccc2)n(-c2ccc([N+](=O)[O-])cc2)n1. The number of ether oxygens (including phenoxy) is 2. The zero-order valence-corrected chi connectivity index (χ0v) is 29.8. The lowest BCUT2D eigenvalue weighted by atomic mass is 10.0. The van der Waals surface area contributed by atoms with Gasteiger partial charge in [-0.1, -0.05) is 45.8 Å². The molecule has 0 unspecified atom stereocenters. The van der Waals surface area contributed by atoms with E-state index in [-0.39, 0.29) is 11.4 Å². The highest BCUT2D eigenvalue weighted by Crippen LogP contribution is 2.32. The summed E-state index contributed by atoms with van der Waals surface area (Å²) in [6, 6.07) is 42.4. The number of nitrogens with zero attached hydrogens (tertiary/aromatic N) is 10. The highest BCUT2D eigenvalue weighted by molar-refractivity contribution is 5.70. The van der Waals surface area contributed by atoms with Gasteiger partial charge in [-0.25, -0.2) is 0 Å². The van der Waals surface area contributed by atoms with Gasteiger partial charge in [0.15, 0.2) is 22.9 Å². The molecule has 16 nitrogen and oxygen atoms in total. The van der Waals surface area contributed by atoms with E-state index in [0.29, 0.717) is 45.9 Å². The van der Waals surface area contributed by atoms with Gasteiger partial charge < -0.3 is 9.47 Å². The second-order valence-electron chi connectivity index (χ2n) is 12.3. The number of non-ortho nitro benzene ring substituents is 2. The topological polar surface area (TPSA) is 174 Å². The van der Waals surface area contributed by atoms with Crippen molar-refractivity contribution in [3.05, 3.63) is 166 Å². The van der Waals surface area contributed by atoms with E-state index in [1.54, 1.807) is 47.8 Å². The highest BCUT2D eigenvalue weighted by atomic mass is 16.6. The molecule has 0 saturated carbocycles. The Bertz CT molecular complexity index is 2530. The van der Waals surface area contributed by atoms with E-state index >= 15 is 0 Å². The number of nitro benzene ring substituents is 2. The zero-order chi connectivity index (χ0) is 38.8. The summed E-state index contributed by atoms with van der Waals surface area (Å²) in [5, 5.41) is 41.8. The Morgan fingerprint density at radius 3 is 1.21 bits per heavy atom. The Hall–Kier alpha value is -8.14. The van der Waals surface area contributed by atoms with Gasteiger partial charge in [0.1, 0.15) is 10.4 Å². The molecule has 2 heterocycles. The van der Waals surface area contributed by atoms with Gasteiger partial charge in [-0.3, -0.25) is 20.2 Å². The van der Waals surface area contributed by atoms with Crippen molar-refractivity contribution in [3.8, 4) is 68.2 Å². The summed E-state index contributed by atoms with van der Waals surface area (Å²) >= 11 is 0. The van der Waals surface area contributed by atoms with Crippen molar-refractivity contribution in [1.82, 2.24) is 30.0 Å². The number of methoxy groups -OCH3 is 2. The predicted molar refractivity (Wildman–Crippen MR) is 202 cm³/mol. The van der Waals surface area contributed by atoms with Crippen LogP contribution in [0.25, 0.3) is 56.7 Å². The van der Waals surface area contributed by atoms with Gasteiger partial charge in [0.05, 0.1) is 24.1 Å². The van der Waals surface area contributed by atoms with E-state index in [1.807, 2.05) is 97.1 Å². The second-order valence-corrected chi connectivity index (χ2v) is 12.3. The predicted octanol–water partition coefficient (Wildman–Crippen LogP) is 6.24. The summed E-state index contributed by atoms with van der Waals surface area (Å²) in [4.78, 5) is 24.6. The molecule has 56 heavy (non-hydrogen) atoms. The maximum Gasteiger partial charge on any atom is 0.296 e. The molecule has 0 aliphatic heterocycles. The second kappa shape index (κ2) is 14.7. The molecular weight excluding hydrogens is 717 g/mol. The monoisotopic (exact) mass is 746 g/mol. The first kappa shape index (κ1) is 34.9. The lowest BCUT2D eigenvalue weighted by molar-refractivity contribution is -0.717. The van der Waals surface area contributed by atoms with Crippen LogP contribution in [0.1, 0.15) is 0 Å². The Morgan fingerprint density at radius 2 is 0.875 bits per heavy atom. The minimum Gasteiger partial charge on any atom is -0.492 e. The number of rotatable bonds is 11. The number of tetrazole rings is 2. The number of hydrogen-bond acceptors (Lipinski definition) is 10. The van der Waals surface area contributed by atoms with E-state index in [2.05, 4.69) is 0 Å². The lowest BCUT2D eigenvalue weighted by Crippen LogP contribution is -2.37. The minimum absolute atomic E-state index is 0.0337. The van der Waals surface area contributed by atoms with Crippen LogP contribution in [0.4, 0.5) is 11.4 Å². The maximum absolute atomic E-state index is 11.3. The molecule has 0 atom stereocenters. The fraction of sp³-hybridized carbons (Fsp3) is 0.0500. The van der Waals surface area contributed by atoms with E-state index < -0.39 is 9.85 Å². The minimum atomic E-state index is -0.450. The Labute approximate surface area is 317 Å². The molecule has 0 aliphatic carbocycles. The smallest absolute Gasteiger partial charge is 0.296 e. The highest BCUT2D eigenvalue weighted by Gasteiger charge is 2.28. The number of aromatic nitrogens is 8. The fourth-order valence-corrected chi connectivity index (χ4v) is 6.12. The van der Waals surface area contributed by atoms with Crippen molar-refractivity contribution >= 4 is 11.4 Å². The van der Waals surface area contributed by atoms with Crippen LogP contribution in [0.15, 0.2) is 146 Å². The molecule has 0 radical (unpaired) electrons. The molecule has 274 valence electrons. The third-order valence-electron chi connectivity index (χ3n) is 8.93. The van der Waals surface area contributed by atoms with Crippen LogP contribution in [0.2, 0.25) is 0 Å². The summed E-state index contributed by atoms with van der Waals surface area (Å²) in [5.74, 6) is 2.01. The number of benzene rings is 6. The first-order valence-corrected chi connectivity index (χ1v) is 17.1. The average molecular weight is 747 g/mol. The van der Waals surface area contributed by atoms with Crippen molar-refractivity contribution in [3.63, 3.8) is 0 Å². The molecule has 0 saturated heterocycles. The van der Waals surface area contributed by atoms with Gasteiger partial charge in [0, 0.05) is 45.0 Å². The van der Waals surface area contributed by atoms with E-state index in [0.717, 1.165) is 22.3 Å². The summed E-state index contributed by atoms with van der Waals surface area (Å²) in [5.41, 5.74) is 5.43. The summed E-state index contributed by atoms with van der Waals surface area (Å²) in [6.45, 7) is 0. The van der Waals surface area contributed by atoms with Crippen LogP contribution in [0, 0.1) is 20.2 Å². The first-order valence-electron chi connectivity index (χ1n) is 17.1. The van der Waals surface area contributed by atoms with Gasteiger partial charge in [-0.05, 0) is 106 Å². The fourth-order valence-electron chi connectivity index (χ4n) is 6.12. The normalized spacial score (nSPS) is 11.0. The molecule has 0 amide bonds. The number of hydrogen-bond donors (Lipinski definition) is 0. The van der Waals surface area contributed by atoms with Gasteiger partial charge in [0.25, 0.3) is 23.0 Å². The molecule has 8 rings (SSSR count). The third kappa shape index (κ3) is 6.64. The van der Waals surface area contributed by atoms with Gasteiger partial charge in [-0.2, -0.15) is 0 Å². The van der Waals surface area contributed by atoms with Crippen LogP contribution in [-0.4, -0.2) is 54.1 Å². The van der Waals surface area contributed by atoms with Crippen LogP contribution < -0.4 is 19.1 Å². The summed E-state index contributed by atoms with van der Waals surface area (Å²) < 4.78 is 14.9. The van der Waals surface area contributed by atoms with Crippen molar-refractivity contribution in [2.75, 3.05) is 14.2 Å². The molecule has 0 spiro atoms. The zero-order valence-electron chi connectivity index (χ0n) is 29.8. The summed E-state index contributed by atoms with van der Waals surface area (Å²) in [7, 11) is 3.12. The molecule has 0 bridgehead atoms. The Balaban J connectivity index is 1.16. The molecule has 8 aromatic rings. The Kier molecular flexibility index (Phi) is 9.17. The Morgan fingerprint density at radius 1 is 0.500 bits per heavy atom. The molecular formula is C40H30N10O6+2. The molecule has 0 fully saturated rings. The molecule has 0 aliphatic rings. The van der Waals surface area contributed by atoms with Crippen molar-refractivity contribution < 1.29 is 28.9 Å². The number of nitro groups is 2. The van der Waals surface area contributed by atoms with Crippen LogP contribution in [0.5, 0.6) is 11.5 Å². The summed E-state index contributed by atoms with van der Waals surface area (Å²) in [6.07, 6.45) is 0. The standard InChI is InChI=1S/C40H30N10O6/c1-55-37-25-29(13-23-35(37)47-41-39(27-9-5-3-6-10-27)45(43-47)31-15-19-33(20-16-31)49(51)52)30-14-24-36(38(26-30)56-2)48-42-40(28-11-7-4-8-12-28)46(44-48)32-17-21-34(22-18-32)50(53)54/h3-26H,1-2H3/q+2. The van der Waals surface area contributed by atoms with Crippen molar-refractivity contribution in [2.24, 2.45) is 0 Å². The van der Waals surface area contributed by atoms with Gasteiger partial charge in [0.2, 0.25) is 11.4 Å². The molecule has 6 aromatic carbocycles. The van der Waals surface area contributed by atoms with Crippen LogP contribution in [0.3, 0.4) is 0 Å². The third-order valence-corrected chi connectivity index (χ3v) is 8.93. The van der Waals surface area contributed by atoms with Gasteiger partial charge in [-0.15, -0.1) is 0 Å². The van der Waals surface area contributed by atoms with Gasteiger partial charge >= 0.3 is 0 Å².